The smallest absolute Gasteiger partial charge is 0.349 e. The van der Waals surface area contributed by atoms with E-state index in [1.165, 1.54) is 11.6 Å². The van der Waals surface area contributed by atoms with E-state index in [4.69, 9.17) is 14.0 Å². The van der Waals surface area contributed by atoms with Gasteiger partial charge in [0.05, 0.1) is 7.11 Å². The summed E-state index contributed by atoms with van der Waals surface area (Å²) in [5.74, 6) is 0.860. The van der Waals surface area contributed by atoms with Crippen molar-refractivity contribution in [2.24, 2.45) is 0 Å². The second-order valence-electron chi connectivity index (χ2n) is 6.81. The predicted molar refractivity (Wildman–Crippen MR) is 110 cm³/mol. The molecule has 3 aromatic rings. The lowest BCUT2D eigenvalue weighted by Gasteiger charge is -2.05. The largest absolute Gasteiger partial charge is 0.497 e. The number of benzene rings is 2. The second kappa shape index (κ2) is 9.52. The molecule has 0 saturated carbocycles. The van der Waals surface area contributed by atoms with Crippen LogP contribution < -0.4 is 4.74 Å². The molecule has 0 aliphatic carbocycles. The monoisotopic (exact) mass is 403 g/mol. The van der Waals surface area contributed by atoms with Gasteiger partial charge in [0.25, 0.3) is 5.89 Å². The highest BCUT2D eigenvalue weighted by Gasteiger charge is 2.15. The van der Waals surface area contributed by atoms with Gasteiger partial charge in [-0.1, -0.05) is 43.3 Å². The normalized spacial score (nSPS) is 11.2. The van der Waals surface area contributed by atoms with Crippen LogP contribution in [-0.2, 0) is 16.1 Å². The van der Waals surface area contributed by atoms with E-state index in [0.29, 0.717) is 17.5 Å². The van der Waals surface area contributed by atoms with E-state index in [2.05, 4.69) is 24.0 Å². The fourth-order valence-electron chi connectivity index (χ4n) is 2.66. The van der Waals surface area contributed by atoms with Crippen molar-refractivity contribution in [3.63, 3.8) is 0 Å². The maximum Gasteiger partial charge on any atom is 0.349 e. The van der Waals surface area contributed by atoms with Gasteiger partial charge in [0, 0.05) is 5.56 Å². The first kappa shape index (κ1) is 20.8. The molecule has 30 heavy (non-hydrogen) atoms. The van der Waals surface area contributed by atoms with Crippen LogP contribution in [0.2, 0.25) is 0 Å². The third-order valence-corrected chi connectivity index (χ3v) is 4.40. The van der Waals surface area contributed by atoms with Crippen molar-refractivity contribution < 1.29 is 18.8 Å². The minimum absolute atomic E-state index is 0.109. The van der Waals surface area contributed by atoms with Crippen LogP contribution in [0.15, 0.2) is 58.6 Å². The highest BCUT2D eigenvalue weighted by atomic mass is 16.6. The Morgan fingerprint density at radius 3 is 2.47 bits per heavy atom. The fraction of sp³-hybridized carbons (Fsp3) is 0.217. The fourth-order valence-corrected chi connectivity index (χ4v) is 2.66. The molecule has 0 amide bonds. The van der Waals surface area contributed by atoms with Gasteiger partial charge in [0.15, 0.2) is 6.61 Å². The third-order valence-electron chi connectivity index (χ3n) is 4.40. The van der Waals surface area contributed by atoms with Gasteiger partial charge in [-0.15, -0.1) is 0 Å². The Balaban J connectivity index is 1.63. The van der Waals surface area contributed by atoms with Gasteiger partial charge in [-0.3, -0.25) is 0 Å². The van der Waals surface area contributed by atoms with Gasteiger partial charge in [0.1, 0.15) is 17.4 Å². The first-order chi connectivity index (χ1) is 14.5. The topological polar surface area (TPSA) is 98.2 Å². The van der Waals surface area contributed by atoms with E-state index in [1.807, 2.05) is 30.3 Å². The van der Waals surface area contributed by atoms with Crippen LogP contribution >= 0.6 is 0 Å². The third kappa shape index (κ3) is 5.11. The standard InChI is InChI=1S/C23H21N3O4/c1-15(2)17-6-4-16(5-7-17)12-19(13-24)23(27)29-14-21-25-22(26-30-21)18-8-10-20(28-3)11-9-18/h4-12,15H,14H2,1-3H3/b19-12+. The molecule has 0 spiro atoms. The first-order valence-corrected chi connectivity index (χ1v) is 9.36. The lowest BCUT2D eigenvalue weighted by atomic mass is 10.0. The number of esters is 1. The van der Waals surface area contributed by atoms with Gasteiger partial charge in [-0.2, -0.15) is 10.2 Å². The molecular weight excluding hydrogens is 382 g/mol. The van der Waals surface area contributed by atoms with Crippen LogP contribution in [0.1, 0.15) is 36.8 Å². The zero-order valence-electron chi connectivity index (χ0n) is 17.0. The molecule has 0 bridgehead atoms. The van der Waals surface area contributed by atoms with E-state index in [-0.39, 0.29) is 18.1 Å². The van der Waals surface area contributed by atoms with Crippen molar-refractivity contribution in [1.29, 1.82) is 5.26 Å². The number of nitriles is 1. The summed E-state index contributed by atoms with van der Waals surface area (Å²) in [5.41, 5.74) is 2.55. The SMILES string of the molecule is COc1ccc(-c2noc(COC(=O)/C(C#N)=C/c3ccc(C(C)C)cc3)n2)cc1. The Bertz CT molecular complexity index is 1070. The van der Waals surface area contributed by atoms with Crippen LogP contribution in [0.5, 0.6) is 5.75 Å². The molecule has 1 heterocycles. The molecule has 0 aliphatic heterocycles. The van der Waals surface area contributed by atoms with Crippen molar-refractivity contribution in [3.8, 4) is 23.2 Å². The number of hydrogen-bond donors (Lipinski definition) is 0. The number of carbonyl (C=O) groups excluding carboxylic acids is 1. The number of nitrogens with zero attached hydrogens (tertiary/aromatic N) is 3. The Morgan fingerprint density at radius 2 is 1.87 bits per heavy atom. The molecule has 1 aromatic heterocycles. The quantitative estimate of drug-likeness (QED) is 0.325. The molecule has 0 saturated heterocycles. The number of rotatable bonds is 7. The van der Waals surface area contributed by atoms with Crippen LogP contribution in [0, 0.1) is 11.3 Å². The van der Waals surface area contributed by atoms with Gasteiger partial charge in [-0.25, -0.2) is 4.79 Å². The van der Waals surface area contributed by atoms with Crippen molar-refractivity contribution in [1.82, 2.24) is 10.1 Å². The van der Waals surface area contributed by atoms with Gasteiger partial charge in [0.2, 0.25) is 5.82 Å². The predicted octanol–water partition coefficient (Wildman–Crippen LogP) is 4.52. The molecule has 0 N–H and O–H groups in total. The molecule has 2 aromatic carbocycles. The Hall–Kier alpha value is -3.92. The summed E-state index contributed by atoms with van der Waals surface area (Å²) in [4.78, 5) is 16.5. The summed E-state index contributed by atoms with van der Waals surface area (Å²) in [6, 6.07) is 16.7. The van der Waals surface area contributed by atoms with Crippen LogP contribution in [0.4, 0.5) is 0 Å². The van der Waals surface area contributed by atoms with Crippen LogP contribution in [-0.4, -0.2) is 23.2 Å². The molecule has 0 fully saturated rings. The second-order valence-corrected chi connectivity index (χ2v) is 6.81. The maximum absolute atomic E-state index is 12.3. The molecule has 0 atom stereocenters. The van der Waals surface area contributed by atoms with E-state index < -0.39 is 5.97 Å². The molecule has 3 rings (SSSR count). The van der Waals surface area contributed by atoms with Gasteiger partial charge in [-0.05, 0) is 47.4 Å². The Morgan fingerprint density at radius 1 is 1.17 bits per heavy atom. The maximum atomic E-state index is 12.3. The summed E-state index contributed by atoms with van der Waals surface area (Å²) >= 11 is 0. The lowest BCUT2D eigenvalue weighted by Crippen LogP contribution is -2.07. The summed E-state index contributed by atoms with van der Waals surface area (Å²) in [7, 11) is 1.58. The molecule has 152 valence electrons. The summed E-state index contributed by atoms with van der Waals surface area (Å²) in [6.45, 7) is 3.97. The molecule has 0 radical (unpaired) electrons. The van der Waals surface area contributed by atoms with Gasteiger partial charge < -0.3 is 14.0 Å². The number of ether oxygens (including phenoxy) is 2. The highest BCUT2D eigenvalue weighted by molar-refractivity contribution is 5.97. The van der Waals surface area contributed by atoms with Crippen molar-refractivity contribution in [3.05, 3.63) is 71.1 Å². The van der Waals surface area contributed by atoms with Crippen LogP contribution in [0.3, 0.4) is 0 Å². The van der Waals surface area contributed by atoms with Crippen molar-refractivity contribution in [2.75, 3.05) is 7.11 Å². The number of methoxy groups -OCH3 is 1. The molecular formula is C23H21N3O4. The zero-order valence-corrected chi connectivity index (χ0v) is 17.0. The van der Waals surface area contributed by atoms with E-state index in [1.54, 1.807) is 31.4 Å². The Labute approximate surface area is 174 Å². The molecule has 7 nitrogen and oxygen atoms in total. The highest BCUT2D eigenvalue weighted by Crippen LogP contribution is 2.20. The molecule has 0 unspecified atom stereocenters. The average molecular weight is 403 g/mol. The van der Waals surface area contributed by atoms with E-state index >= 15 is 0 Å². The summed E-state index contributed by atoms with van der Waals surface area (Å²) in [5, 5.41) is 13.2. The zero-order chi connectivity index (χ0) is 21.5. The minimum atomic E-state index is -0.755. The van der Waals surface area contributed by atoms with E-state index in [0.717, 1.165) is 11.1 Å². The Kier molecular flexibility index (Phi) is 6.60. The summed E-state index contributed by atoms with van der Waals surface area (Å²) < 4.78 is 15.4. The average Bonchev–Trinajstić information content (AvgIpc) is 3.25. The van der Waals surface area contributed by atoms with Gasteiger partial charge >= 0.3 is 5.97 Å². The van der Waals surface area contributed by atoms with Crippen molar-refractivity contribution >= 4 is 12.0 Å². The molecule has 0 aliphatic rings. The van der Waals surface area contributed by atoms with Crippen LogP contribution in [0.25, 0.3) is 17.5 Å². The number of carbonyl (C=O) groups is 1. The first-order valence-electron chi connectivity index (χ1n) is 9.36. The molecule has 7 heteroatoms. The van der Waals surface area contributed by atoms with E-state index in [9.17, 15) is 10.1 Å². The number of hydrogen-bond acceptors (Lipinski definition) is 7. The summed E-state index contributed by atoms with van der Waals surface area (Å²) in [6.07, 6.45) is 1.49. The number of aromatic nitrogens is 2. The minimum Gasteiger partial charge on any atom is -0.497 e. The lowest BCUT2D eigenvalue weighted by molar-refractivity contribution is -0.140. The van der Waals surface area contributed by atoms with Crippen molar-refractivity contribution in [2.45, 2.75) is 26.4 Å².